The maximum Gasteiger partial charge on any atom is 0.0588 e. The minimum absolute atomic E-state index is 0.0910. The molecule has 0 heterocycles. The van der Waals surface area contributed by atoms with Gasteiger partial charge in [-0.25, -0.2) is 0 Å². The number of nitrogens with one attached hydrogen (secondary N) is 1. The summed E-state index contributed by atoms with van der Waals surface area (Å²) in [5.41, 5.74) is 1.23. The van der Waals surface area contributed by atoms with E-state index >= 15 is 0 Å². The summed E-state index contributed by atoms with van der Waals surface area (Å²) in [4.78, 5) is 0. The molecule has 0 aliphatic carbocycles. The SMILES string of the molecule is CC#CCNC(CO)Cc1ccccc1. The number of benzene rings is 1. The van der Waals surface area contributed by atoms with Gasteiger partial charge in [-0.3, -0.25) is 0 Å². The molecule has 1 atom stereocenters. The largest absolute Gasteiger partial charge is 0.395 e. The number of hydrogen-bond acceptors (Lipinski definition) is 2. The van der Waals surface area contributed by atoms with Crippen molar-refractivity contribution in [2.45, 2.75) is 19.4 Å². The lowest BCUT2D eigenvalue weighted by Gasteiger charge is -2.14. The lowest BCUT2D eigenvalue weighted by atomic mass is 10.1. The van der Waals surface area contributed by atoms with E-state index in [0.717, 1.165) is 6.42 Å². The minimum atomic E-state index is 0.0910. The van der Waals surface area contributed by atoms with Gasteiger partial charge in [-0.1, -0.05) is 36.3 Å². The smallest absolute Gasteiger partial charge is 0.0588 e. The van der Waals surface area contributed by atoms with Crippen LogP contribution in [0.15, 0.2) is 30.3 Å². The van der Waals surface area contributed by atoms with E-state index in [1.165, 1.54) is 5.56 Å². The first kappa shape index (κ1) is 11.8. The van der Waals surface area contributed by atoms with Crippen molar-refractivity contribution in [1.82, 2.24) is 5.32 Å². The predicted octanol–water partition coefficient (Wildman–Crippen LogP) is 1.20. The van der Waals surface area contributed by atoms with Gasteiger partial charge in [-0.2, -0.15) is 0 Å². The summed E-state index contributed by atoms with van der Waals surface area (Å²) in [6.07, 6.45) is 0.836. The molecule has 0 aliphatic heterocycles. The van der Waals surface area contributed by atoms with E-state index in [1.807, 2.05) is 25.1 Å². The molecule has 15 heavy (non-hydrogen) atoms. The number of hydrogen-bond donors (Lipinski definition) is 2. The second-order valence-corrected chi connectivity index (χ2v) is 3.38. The molecule has 2 heteroatoms. The molecule has 1 aromatic carbocycles. The van der Waals surface area contributed by atoms with Gasteiger partial charge < -0.3 is 10.4 Å². The van der Waals surface area contributed by atoms with Crippen molar-refractivity contribution in [3.05, 3.63) is 35.9 Å². The van der Waals surface area contributed by atoms with Gasteiger partial charge in [-0.05, 0) is 18.9 Å². The van der Waals surface area contributed by atoms with Gasteiger partial charge in [0, 0.05) is 6.04 Å². The fourth-order valence-electron chi connectivity index (χ4n) is 1.38. The van der Waals surface area contributed by atoms with Gasteiger partial charge in [0.1, 0.15) is 0 Å². The van der Waals surface area contributed by atoms with Crippen LogP contribution in [0.4, 0.5) is 0 Å². The Bertz CT molecular complexity index is 323. The Morgan fingerprint density at radius 3 is 2.67 bits per heavy atom. The van der Waals surface area contributed by atoms with E-state index in [1.54, 1.807) is 0 Å². The molecule has 80 valence electrons. The molecule has 0 saturated heterocycles. The Morgan fingerprint density at radius 1 is 1.33 bits per heavy atom. The van der Waals surface area contributed by atoms with Crippen LogP contribution >= 0.6 is 0 Å². The van der Waals surface area contributed by atoms with Crippen LogP contribution in [0.1, 0.15) is 12.5 Å². The van der Waals surface area contributed by atoms with E-state index in [4.69, 9.17) is 0 Å². The molecule has 1 aromatic rings. The first-order chi connectivity index (χ1) is 7.36. The molecule has 0 radical (unpaired) electrons. The van der Waals surface area contributed by atoms with Crippen LogP contribution in [0.2, 0.25) is 0 Å². The summed E-state index contributed by atoms with van der Waals surface area (Å²) in [5.74, 6) is 5.74. The zero-order valence-corrected chi connectivity index (χ0v) is 9.03. The Morgan fingerprint density at radius 2 is 2.07 bits per heavy atom. The van der Waals surface area contributed by atoms with Crippen molar-refractivity contribution in [2.24, 2.45) is 0 Å². The average Bonchev–Trinajstić information content (AvgIpc) is 2.29. The Kier molecular flexibility index (Phi) is 5.54. The van der Waals surface area contributed by atoms with Gasteiger partial charge >= 0.3 is 0 Å². The molecule has 1 rings (SSSR count). The second kappa shape index (κ2) is 7.05. The summed E-state index contributed by atoms with van der Waals surface area (Å²) in [7, 11) is 0. The molecule has 2 nitrogen and oxygen atoms in total. The summed E-state index contributed by atoms with van der Waals surface area (Å²) in [6, 6.07) is 10.2. The maximum atomic E-state index is 9.18. The summed E-state index contributed by atoms with van der Waals surface area (Å²) >= 11 is 0. The quantitative estimate of drug-likeness (QED) is 0.705. The van der Waals surface area contributed by atoms with Crippen LogP contribution in [-0.2, 0) is 6.42 Å². The molecule has 0 bridgehead atoms. The molecule has 0 saturated carbocycles. The molecule has 0 fully saturated rings. The van der Waals surface area contributed by atoms with E-state index < -0.39 is 0 Å². The first-order valence-electron chi connectivity index (χ1n) is 5.14. The number of aliphatic hydroxyl groups is 1. The monoisotopic (exact) mass is 203 g/mol. The maximum absolute atomic E-state index is 9.18. The zero-order valence-electron chi connectivity index (χ0n) is 9.03. The number of rotatable bonds is 5. The normalized spacial score (nSPS) is 11.6. The topological polar surface area (TPSA) is 32.3 Å². The molecule has 1 unspecified atom stereocenters. The summed E-state index contributed by atoms with van der Waals surface area (Å²) < 4.78 is 0. The Hall–Kier alpha value is -1.30. The third-order valence-corrected chi connectivity index (χ3v) is 2.20. The van der Waals surface area contributed by atoms with Crippen LogP contribution in [0.5, 0.6) is 0 Å². The van der Waals surface area contributed by atoms with Gasteiger partial charge in [0.05, 0.1) is 13.2 Å². The molecule has 0 aliphatic rings. The minimum Gasteiger partial charge on any atom is -0.395 e. The van der Waals surface area contributed by atoms with Crippen LogP contribution in [0.3, 0.4) is 0 Å². The Balaban J connectivity index is 2.42. The third-order valence-electron chi connectivity index (χ3n) is 2.20. The van der Waals surface area contributed by atoms with Crippen LogP contribution in [0, 0.1) is 11.8 Å². The highest BCUT2D eigenvalue weighted by Gasteiger charge is 2.05. The molecule has 2 N–H and O–H groups in total. The van der Waals surface area contributed by atoms with Crippen LogP contribution in [0.25, 0.3) is 0 Å². The van der Waals surface area contributed by atoms with E-state index in [2.05, 4.69) is 29.3 Å². The van der Waals surface area contributed by atoms with Crippen molar-refractivity contribution in [3.63, 3.8) is 0 Å². The van der Waals surface area contributed by atoms with E-state index in [-0.39, 0.29) is 12.6 Å². The molecule has 0 amide bonds. The van der Waals surface area contributed by atoms with Gasteiger partial charge in [0.25, 0.3) is 0 Å². The lowest BCUT2D eigenvalue weighted by Crippen LogP contribution is -2.34. The predicted molar refractivity (Wildman–Crippen MR) is 62.5 cm³/mol. The fraction of sp³-hybridized carbons (Fsp3) is 0.385. The van der Waals surface area contributed by atoms with Gasteiger partial charge in [0.15, 0.2) is 0 Å². The highest BCUT2D eigenvalue weighted by molar-refractivity contribution is 5.16. The Labute approximate surface area is 91.3 Å². The summed E-state index contributed by atoms with van der Waals surface area (Å²) in [5, 5.41) is 12.4. The highest BCUT2D eigenvalue weighted by atomic mass is 16.3. The number of aliphatic hydroxyl groups excluding tert-OH is 1. The van der Waals surface area contributed by atoms with Crippen molar-refractivity contribution in [2.75, 3.05) is 13.2 Å². The van der Waals surface area contributed by atoms with E-state index in [0.29, 0.717) is 6.54 Å². The standard InChI is InChI=1S/C13H17NO/c1-2-3-9-14-13(11-15)10-12-7-5-4-6-8-12/h4-8,13-15H,9-11H2,1H3. The highest BCUT2D eigenvalue weighted by Crippen LogP contribution is 2.02. The summed E-state index contributed by atoms with van der Waals surface area (Å²) in [6.45, 7) is 2.58. The molecular weight excluding hydrogens is 186 g/mol. The van der Waals surface area contributed by atoms with Gasteiger partial charge in [-0.15, -0.1) is 5.92 Å². The van der Waals surface area contributed by atoms with Crippen LogP contribution in [-0.4, -0.2) is 24.3 Å². The molecule has 0 spiro atoms. The first-order valence-corrected chi connectivity index (χ1v) is 5.14. The molecule has 0 aromatic heterocycles. The van der Waals surface area contributed by atoms with Crippen molar-refractivity contribution in [3.8, 4) is 11.8 Å². The molecular formula is C13H17NO. The zero-order chi connectivity index (χ0) is 10.9. The second-order valence-electron chi connectivity index (χ2n) is 3.38. The van der Waals surface area contributed by atoms with Crippen molar-refractivity contribution in [1.29, 1.82) is 0 Å². The van der Waals surface area contributed by atoms with Crippen molar-refractivity contribution < 1.29 is 5.11 Å². The van der Waals surface area contributed by atoms with Crippen molar-refractivity contribution >= 4 is 0 Å². The van der Waals surface area contributed by atoms with E-state index in [9.17, 15) is 5.11 Å². The van der Waals surface area contributed by atoms with Crippen LogP contribution < -0.4 is 5.32 Å². The third kappa shape index (κ3) is 4.64. The average molecular weight is 203 g/mol. The lowest BCUT2D eigenvalue weighted by molar-refractivity contribution is 0.245. The van der Waals surface area contributed by atoms with Gasteiger partial charge in [0.2, 0.25) is 0 Å². The fourth-order valence-corrected chi connectivity index (χ4v) is 1.38.